The smallest absolute Gasteiger partial charge is 0.125 e. The van der Waals surface area contributed by atoms with Crippen molar-refractivity contribution >= 4 is 11.4 Å². The van der Waals surface area contributed by atoms with Crippen LogP contribution in [0.4, 0.5) is 15.8 Å². The van der Waals surface area contributed by atoms with E-state index in [1.54, 1.807) is 0 Å². The fourth-order valence-electron chi connectivity index (χ4n) is 3.49. The van der Waals surface area contributed by atoms with E-state index in [0.29, 0.717) is 11.7 Å². The molecule has 17 heavy (non-hydrogen) atoms. The first-order valence-electron chi connectivity index (χ1n) is 6.57. The van der Waals surface area contributed by atoms with Gasteiger partial charge < -0.3 is 10.6 Å². The number of nitrogens with zero attached hydrogens (tertiary/aromatic N) is 1. The quantitative estimate of drug-likeness (QED) is 0.756. The van der Waals surface area contributed by atoms with E-state index >= 15 is 0 Å². The fraction of sp³-hybridized carbons (Fsp3) is 0.571. The molecule has 2 nitrogen and oxygen atoms in total. The Labute approximate surface area is 102 Å². The van der Waals surface area contributed by atoms with Crippen molar-refractivity contribution in [1.29, 1.82) is 0 Å². The summed E-state index contributed by atoms with van der Waals surface area (Å²) in [5.74, 6) is 0.582. The van der Waals surface area contributed by atoms with Crippen molar-refractivity contribution in [3.8, 4) is 0 Å². The standard InChI is InChI=1S/C14H19FN2/c15-11-5-6-14(12(16)9-11)17-8-7-10-3-1-2-4-13(10)17/h5-6,9-10,13H,1-4,7-8,16H2. The SMILES string of the molecule is Nc1cc(F)ccc1N1CCC2CCCCC21. The summed E-state index contributed by atoms with van der Waals surface area (Å²) in [6.07, 6.45) is 6.57. The highest BCUT2D eigenvalue weighted by Crippen LogP contribution is 2.40. The summed E-state index contributed by atoms with van der Waals surface area (Å²) >= 11 is 0. The van der Waals surface area contributed by atoms with E-state index < -0.39 is 0 Å². The van der Waals surface area contributed by atoms with Crippen molar-refractivity contribution < 1.29 is 4.39 Å². The van der Waals surface area contributed by atoms with Crippen molar-refractivity contribution in [2.75, 3.05) is 17.2 Å². The molecule has 1 aromatic rings. The summed E-state index contributed by atoms with van der Waals surface area (Å²) in [7, 11) is 0. The second kappa shape index (κ2) is 4.21. The molecule has 1 aliphatic heterocycles. The van der Waals surface area contributed by atoms with E-state index in [1.807, 2.05) is 6.07 Å². The van der Waals surface area contributed by atoms with Crippen molar-refractivity contribution in [2.24, 2.45) is 5.92 Å². The molecule has 1 aliphatic carbocycles. The molecule has 0 radical (unpaired) electrons. The lowest BCUT2D eigenvalue weighted by molar-refractivity contribution is 0.342. The minimum atomic E-state index is -0.245. The molecule has 1 heterocycles. The van der Waals surface area contributed by atoms with E-state index in [4.69, 9.17) is 5.73 Å². The van der Waals surface area contributed by atoms with Gasteiger partial charge in [-0.25, -0.2) is 4.39 Å². The summed E-state index contributed by atoms with van der Waals surface area (Å²) in [5, 5.41) is 0. The minimum Gasteiger partial charge on any atom is -0.397 e. The summed E-state index contributed by atoms with van der Waals surface area (Å²) in [6.45, 7) is 1.07. The Morgan fingerprint density at radius 3 is 2.82 bits per heavy atom. The van der Waals surface area contributed by atoms with Gasteiger partial charge in [-0.3, -0.25) is 0 Å². The van der Waals surface area contributed by atoms with Crippen LogP contribution in [0.1, 0.15) is 32.1 Å². The zero-order valence-corrected chi connectivity index (χ0v) is 10.0. The third-order valence-corrected chi connectivity index (χ3v) is 4.31. The van der Waals surface area contributed by atoms with Gasteiger partial charge in [0.2, 0.25) is 0 Å². The van der Waals surface area contributed by atoms with E-state index in [0.717, 1.165) is 18.2 Å². The number of anilines is 2. The molecular weight excluding hydrogens is 215 g/mol. The first-order valence-corrected chi connectivity index (χ1v) is 6.57. The minimum absolute atomic E-state index is 0.245. The van der Waals surface area contributed by atoms with Crippen LogP contribution in [-0.4, -0.2) is 12.6 Å². The summed E-state index contributed by atoms with van der Waals surface area (Å²) < 4.78 is 13.1. The van der Waals surface area contributed by atoms with Gasteiger partial charge in [0.05, 0.1) is 11.4 Å². The van der Waals surface area contributed by atoms with E-state index in [9.17, 15) is 4.39 Å². The first kappa shape index (κ1) is 10.9. The fourth-order valence-corrected chi connectivity index (χ4v) is 3.49. The largest absolute Gasteiger partial charge is 0.397 e. The summed E-state index contributed by atoms with van der Waals surface area (Å²) in [6, 6.07) is 5.42. The van der Waals surface area contributed by atoms with Crippen LogP contribution in [0, 0.1) is 11.7 Å². The predicted octanol–water partition coefficient (Wildman–Crippen LogP) is 3.18. The zero-order chi connectivity index (χ0) is 11.8. The van der Waals surface area contributed by atoms with Gasteiger partial charge in [-0.2, -0.15) is 0 Å². The lowest BCUT2D eigenvalue weighted by Gasteiger charge is -2.33. The molecule has 1 saturated carbocycles. The maximum Gasteiger partial charge on any atom is 0.125 e. The Morgan fingerprint density at radius 2 is 2.00 bits per heavy atom. The Hall–Kier alpha value is -1.25. The van der Waals surface area contributed by atoms with Crippen molar-refractivity contribution in [1.82, 2.24) is 0 Å². The van der Waals surface area contributed by atoms with Gasteiger partial charge in [-0.05, 0) is 43.4 Å². The number of hydrogen-bond donors (Lipinski definition) is 1. The van der Waals surface area contributed by atoms with Gasteiger partial charge >= 0.3 is 0 Å². The molecular formula is C14H19FN2. The predicted molar refractivity (Wildman–Crippen MR) is 68.5 cm³/mol. The molecule has 3 rings (SSSR count). The third kappa shape index (κ3) is 1.88. The normalized spacial score (nSPS) is 28.2. The van der Waals surface area contributed by atoms with Crippen molar-refractivity contribution in [2.45, 2.75) is 38.1 Å². The van der Waals surface area contributed by atoms with E-state index in [-0.39, 0.29) is 5.82 Å². The number of halogens is 1. The summed E-state index contributed by atoms with van der Waals surface area (Å²) in [4.78, 5) is 2.40. The Bertz CT molecular complexity index is 419. The maximum absolute atomic E-state index is 13.1. The average Bonchev–Trinajstić information content (AvgIpc) is 2.73. The van der Waals surface area contributed by atoms with Crippen molar-refractivity contribution in [3.05, 3.63) is 24.0 Å². The molecule has 1 aromatic carbocycles. The Morgan fingerprint density at radius 1 is 1.18 bits per heavy atom. The van der Waals surface area contributed by atoms with Gasteiger partial charge in [-0.15, -0.1) is 0 Å². The molecule has 2 unspecified atom stereocenters. The monoisotopic (exact) mass is 234 g/mol. The molecule has 0 bridgehead atoms. The molecule has 0 amide bonds. The second-order valence-corrected chi connectivity index (χ2v) is 5.30. The third-order valence-electron chi connectivity index (χ3n) is 4.31. The highest BCUT2D eigenvalue weighted by atomic mass is 19.1. The molecule has 1 saturated heterocycles. The summed E-state index contributed by atoms with van der Waals surface area (Å²) in [5.41, 5.74) is 7.55. The number of rotatable bonds is 1. The molecule has 2 N–H and O–H groups in total. The molecule has 3 heteroatoms. The van der Waals surface area contributed by atoms with Gasteiger partial charge in [0, 0.05) is 12.6 Å². The van der Waals surface area contributed by atoms with Gasteiger partial charge in [-0.1, -0.05) is 12.8 Å². The van der Waals surface area contributed by atoms with Gasteiger partial charge in [0.1, 0.15) is 5.82 Å². The molecule has 92 valence electrons. The molecule has 0 spiro atoms. The molecule has 2 aliphatic rings. The number of nitrogens with two attached hydrogens (primary N) is 1. The van der Waals surface area contributed by atoms with E-state index in [2.05, 4.69) is 4.90 Å². The van der Waals surface area contributed by atoms with Crippen LogP contribution < -0.4 is 10.6 Å². The highest BCUT2D eigenvalue weighted by molar-refractivity contribution is 5.68. The van der Waals surface area contributed by atoms with E-state index in [1.165, 1.54) is 44.2 Å². The van der Waals surface area contributed by atoms with Crippen molar-refractivity contribution in [3.63, 3.8) is 0 Å². The van der Waals surface area contributed by atoms with Crippen LogP contribution in [0.3, 0.4) is 0 Å². The van der Waals surface area contributed by atoms with Crippen LogP contribution >= 0.6 is 0 Å². The van der Waals surface area contributed by atoms with Crippen LogP contribution in [0.15, 0.2) is 18.2 Å². The first-order chi connectivity index (χ1) is 8.25. The molecule has 2 fully saturated rings. The van der Waals surface area contributed by atoms with Gasteiger partial charge in [0.15, 0.2) is 0 Å². The Balaban J connectivity index is 1.88. The number of nitrogen functional groups attached to an aromatic ring is 1. The molecule has 0 aromatic heterocycles. The van der Waals surface area contributed by atoms with Crippen LogP contribution in [-0.2, 0) is 0 Å². The van der Waals surface area contributed by atoms with Crippen LogP contribution in [0.25, 0.3) is 0 Å². The Kier molecular flexibility index (Phi) is 2.69. The second-order valence-electron chi connectivity index (χ2n) is 5.30. The van der Waals surface area contributed by atoms with Crippen LogP contribution in [0.2, 0.25) is 0 Å². The maximum atomic E-state index is 13.1. The number of benzene rings is 1. The molecule has 2 atom stereocenters. The average molecular weight is 234 g/mol. The van der Waals surface area contributed by atoms with Gasteiger partial charge in [0.25, 0.3) is 0 Å². The highest BCUT2D eigenvalue weighted by Gasteiger charge is 2.36. The lowest BCUT2D eigenvalue weighted by atomic mass is 9.85. The van der Waals surface area contributed by atoms with Crippen LogP contribution in [0.5, 0.6) is 0 Å². The number of hydrogen-bond acceptors (Lipinski definition) is 2. The number of fused-ring (bicyclic) bond motifs is 1. The lowest BCUT2D eigenvalue weighted by Crippen LogP contribution is -2.35. The zero-order valence-electron chi connectivity index (χ0n) is 10.0. The topological polar surface area (TPSA) is 29.3 Å².